The third kappa shape index (κ3) is 6.84. The van der Waals surface area contributed by atoms with Gasteiger partial charge in [-0.2, -0.15) is 0 Å². The zero-order valence-electron chi connectivity index (χ0n) is 13.9. The number of amides is 1. The fraction of sp³-hybridized carbons (Fsp3) is 0.375. The molecule has 1 aromatic carbocycles. The first kappa shape index (κ1) is 20.5. The number of thioether (sulfide) groups is 1. The van der Waals surface area contributed by atoms with Crippen LogP contribution in [-0.4, -0.2) is 40.8 Å². The highest BCUT2D eigenvalue weighted by atomic mass is 32.2. The number of aliphatic carboxylic acids is 1. The van der Waals surface area contributed by atoms with E-state index in [1.165, 1.54) is 31.0 Å². The lowest BCUT2D eigenvalue weighted by molar-refractivity contribution is -0.385. The van der Waals surface area contributed by atoms with Gasteiger partial charge in [0.25, 0.3) is 0 Å². The Labute approximate surface area is 149 Å². The number of carboxylic acid groups (broad SMARTS) is 1. The average molecular weight is 368 g/mol. The number of benzene rings is 1. The van der Waals surface area contributed by atoms with Crippen molar-refractivity contribution in [3.05, 3.63) is 46.0 Å². The van der Waals surface area contributed by atoms with Crippen molar-refractivity contribution in [1.82, 2.24) is 5.32 Å². The van der Waals surface area contributed by atoms with E-state index >= 15 is 0 Å². The number of nitrogens with zero attached hydrogens (tertiary/aromatic N) is 1. The van der Waals surface area contributed by atoms with Crippen LogP contribution in [-0.2, 0) is 15.3 Å². The molecule has 2 N–H and O–H groups in total. The molecule has 0 aromatic heterocycles. The Bertz CT molecular complexity index is 662. The summed E-state index contributed by atoms with van der Waals surface area (Å²) >= 11 is 1.24. The van der Waals surface area contributed by atoms with Crippen molar-refractivity contribution in [2.75, 3.05) is 12.9 Å². The lowest BCUT2D eigenvalue weighted by Gasteiger charge is -2.12. The number of allylic oxidation sites excluding steroid dienone is 1. The smallest absolute Gasteiger partial charge is 0.326 e. The van der Waals surface area contributed by atoms with Crippen molar-refractivity contribution in [2.24, 2.45) is 0 Å². The molecular formula is C16H20N2O6S. The summed E-state index contributed by atoms with van der Waals surface area (Å²) < 4.78 is 4.93. The zero-order chi connectivity index (χ0) is 18.8. The predicted octanol–water partition coefficient (Wildman–Crippen LogP) is 2.37. The lowest BCUT2D eigenvalue weighted by Crippen LogP contribution is -2.41. The Hall–Kier alpha value is -2.55. The van der Waals surface area contributed by atoms with Crippen LogP contribution in [0.2, 0.25) is 0 Å². The Morgan fingerprint density at radius 2 is 2.20 bits per heavy atom. The minimum absolute atomic E-state index is 0.0550. The number of nitro groups is 1. The highest BCUT2D eigenvalue weighted by molar-refractivity contribution is 7.99. The maximum atomic E-state index is 11.8. The van der Waals surface area contributed by atoms with Crippen LogP contribution in [0.5, 0.6) is 5.75 Å². The quantitative estimate of drug-likeness (QED) is 0.370. The molecule has 0 aliphatic rings. The van der Waals surface area contributed by atoms with E-state index in [2.05, 4.69) is 5.32 Å². The topological polar surface area (TPSA) is 119 Å². The molecule has 1 aromatic rings. The van der Waals surface area contributed by atoms with Gasteiger partial charge in [0.2, 0.25) is 5.91 Å². The molecule has 1 amide bonds. The van der Waals surface area contributed by atoms with Gasteiger partial charge < -0.3 is 15.2 Å². The van der Waals surface area contributed by atoms with Gasteiger partial charge in [0.05, 0.1) is 17.8 Å². The number of carboxylic acids is 1. The lowest BCUT2D eigenvalue weighted by atomic mass is 10.2. The van der Waals surface area contributed by atoms with Gasteiger partial charge in [0, 0.05) is 11.8 Å². The molecule has 25 heavy (non-hydrogen) atoms. The number of carbonyl (C=O) groups excluding carboxylic acids is 1. The van der Waals surface area contributed by atoms with Crippen molar-refractivity contribution in [2.45, 2.75) is 25.1 Å². The molecule has 9 heteroatoms. The van der Waals surface area contributed by atoms with E-state index in [9.17, 15) is 19.7 Å². The fourth-order valence-electron chi connectivity index (χ4n) is 1.96. The van der Waals surface area contributed by atoms with Crippen molar-refractivity contribution in [1.29, 1.82) is 0 Å². The summed E-state index contributed by atoms with van der Waals surface area (Å²) in [5, 5.41) is 22.5. The Morgan fingerprint density at radius 3 is 2.76 bits per heavy atom. The van der Waals surface area contributed by atoms with E-state index in [0.717, 1.165) is 0 Å². The van der Waals surface area contributed by atoms with Gasteiger partial charge in [-0.3, -0.25) is 14.9 Å². The van der Waals surface area contributed by atoms with E-state index in [-0.39, 0.29) is 23.6 Å². The molecule has 0 fully saturated rings. The molecule has 1 rings (SSSR count). The summed E-state index contributed by atoms with van der Waals surface area (Å²) in [5.74, 6) is -0.887. The number of methoxy groups -OCH3 is 1. The Morgan fingerprint density at radius 1 is 1.48 bits per heavy atom. The van der Waals surface area contributed by atoms with E-state index < -0.39 is 22.8 Å². The van der Waals surface area contributed by atoms with Crippen LogP contribution in [0.3, 0.4) is 0 Å². The maximum Gasteiger partial charge on any atom is 0.326 e. The zero-order valence-corrected chi connectivity index (χ0v) is 14.7. The third-order valence-electron chi connectivity index (χ3n) is 3.18. The minimum Gasteiger partial charge on any atom is -0.490 e. The average Bonchev–Trinajstić information content (AvgIpc) is 2.58. The Kier molecular flexibility index (Phi) is 8.48. The molecule has 0 saturated heterocycles. The van der Waals surface area contributed by atoms with Gasteiger partial charge >= 0.3 is 11.7 Å². The van der Waals surface area contributed by atoms with Crippen LogP contribution in [0.1, 0.15) is 18.9 Å². The van der Waals surface area contributed by atoms with Crippen molar-refractivity contribution in [3.8, 4) is 5.75 Å². The van der Waals surface area contributed by atoms with Gasteiger partial charge in [-0.05, 0) is 25.0 Å². The molecule has 1 atom stereocenters. The molecular weight excluding hydrogens is 348 g/mol. The summed E-state index contributed by atoms with van der Waals surface area (Å²) in [6.45, 7) is 1.77. The van der Waals surface area contributed by atoms with Crippen molar-refractivity contribution >= 4 is 29.3 Å². The Balaban J connectivity index is 2.56. The second-order valence-electron chi connectivity index (χ2n) is 5.02. The second kappa shape index (κ2) is 10.3. The second-order valence-corrected chi connectivity index (χ2v) is 6.00. The summed E-state index contributed by atoms with van der Waals surface area (Å²) in [4.78, 5) is 33.4. The fourth-order valence-corrected chi connectivity index (χ4v) is 2.75. The van der Waals surface area contributed by atoms with E-state index in [1.54, 1.807) is 25.1 Å². The van der Waals surface area contributed by atoms with Crippen LogP contribution >= 0.6 is 11.8 Å². The minimum atomic E-state index is -1.10. The number of hydrogen-bond acceptors (Lipinski definition) is 6. The van der Waals surface area contributed by atoms with Gasteiger partial charge in [-0.25, -0.2) is 4.79 Å². The van der Waals surface area contributed by atoms with Crippen LogP contribution < -0.4 is 10.1 Å². The highest BCUT2D eigenvalue weighted by Crippen LogP contribution is 2.28. The molecule has 0 bridgehead atoms. The van der Waals surface area contributed by atoms with Crippen LogP contribution in [0, 0.1) is 10.1 Å². The summed E-state index contributed by atoms with van der Waals surface area (Å²) in [5.41, 5.74) is 0.538. The molecule has 0 spiro atoms. The SMILES string of the molecule is C/C=C/CC(NC(=O)CSCc1ccc(OC)c([N+](=O)[O-])c1)C(=O)O. The number of nitro benzene ring substituents is 1. The van der Waals surface area contributed by atoms with Gasteiger partial charge in [-0.1, -0.05) is 18.2 Å². The molecule has 136 valence electrons. The third-order valence-corrected chi connectivity index (χ3v) is 4.19. The molecule has 0 aliphatic carbocycles. The number of rotatable bonds is 10. The largest absolute Gasteiger partial charge is 0.490 e. The number of carbonyl (C=O) groups is 2. The van der Waals surface area contributed by atoms with Gasteiger partial charge in [0.15, 0.2) is 5.75 Å². The first-order valence-electron chi connectivity index (χ1n) is 7.41. The molecule has 0 radical (unpaired) electrons. The van der Waals surface area contributed by atoms with E-state index in [4.69, 9.17) is 9.84 Å². The molecule has 8 nitrogen and oxygen atoms in total. The number of hydrogen-bond donors (Lipinski definition) is 2. The van der Waals surface area contributed by atoms with E-state index in [1.807, 2.05) is 0 Å². The van der Waals surface area contributed by atoms with Gasteiger partial charge in [0.1, 0.15) is 6.04 Å². The first-order valence-corrected chi connectivity index (χ1v) is 8.56. The highest BCUT2D eigenvalue weighted by Gasteiger charge is 2.19. The standard InChI is InChI=1S/C16H20N2O6S/c1-3-4-5-12(16(20)21)17-15(19)10-25-9-11-6-7-14(24-2)13(8-11)18(22)23/h3-4,6-8,12H,5,9-10H2,1-2H3,(H,17,19)(H,20,21)/b4-3+. The first-order chi connectivity index (χ1) is 11.9. The number of nitrogens with one attached hydrogen (secondary N) is 1. The molecule has 0 aliphatic heterocycles. The monoisotopic (exact) mass is 368 g/mol. The van der Waals surface area contributed by atoms with Crippen molar-refractivity contribution < 1.29 is 24.4 Å². The van der Waals surface area contributed by atoms with Gasteiger partial charge in [-0.15, -0.1) is 11.8 Å². The summed E-state index contributed by atoms with van der Waals surface area (Å²) in [7, 11) is 1.35. The van der Waals surface area contributed by atoms with Crippen molar-refractivity contribution in [3.63, 3.8) is 0 Å². The molecule has 0 saturated carbocycles. The summed E-state index contributed by atoms with van der Waals surface area (Å²) in [6, 6.07) is 3.62. The maximum absolute atomic E-state index is 11.8. The van der Waals surface area contributed by atoms with Crippen LogP contribution in [0.25, 0.3) is 0 Å². The summed E-state index contributed by atoms with van der Waals surface area (Å²) in [6.07, 6.45) is 3.60. The number of ether oxygens (including phenoxy) is 1. The normalized spacial score (nSPS) is 11.9. The predicted molar refractivity (Wildman–Crippen MR) is 94.8 cm³/mol. The molecule has 1 unspecified atom stereocenters. The molecule has 0 heterocycles. The van der Waals surface area contributed by atoms with Crippen LogP contribution in [0.4, 0.5) is 5.69 Å². The van der Waals surface area contributed by atoms with Crippen LogP contribution in [0.15, 0.2) is 30.4 Å². The van der Waals surface area contributed by atoms with E-state index in [0.29, 0.717) is 11.3 Å².